The molecule has 0 spiro atoms. The molecule has 7 aromatic carbocycles. The minimum atomic E-state index is 0.755. The summed E-state index contributed by atoms with van der Waals surface area (Å²) in [5, 5.41) is 7.32. The molecular formula is C52H33N5. The van der Waals surface area contributed by atoms with Gasteiger partial charge in [0.1, 0.15) is 5.82 Å². The lowest BCUT2D eigenvalue weighted by atomic mass is 9.85. The summed E-state index contributed by atoms with van der Waals surface area (Å²) >= 11 is 0. The highest BCUT2D eigenvalue weighted by Gasteiger charge is 2.21. The van der Waals surface area contributed by atoms with Crippen LogP contribution in [0.15, 0.2) is 200 Å². The summed E-state index contributed by atoms with van der Waals surface area (Å²) in [6, 6.07) is 66.2. The second-order valence-corrected chi connectivity index (χ2v) is 14.3. The van der Waals surface area contributed by atoms with Gasteiger partial charge >= 0.3 is 0 Å². The molecule has 0 aliphatic rings. The predicted octanol–water partition coefficient (Wildman–Crippen LogP) is 13.0. The summed E-state index contributed by atoms with van der Waals surface area (Å²) < 4.78 is 2.25. The van der Waals surface area contributed by atoms with Crippen LogP contribution in [0.2, 0.25) is 0 Å². The SMILES string of the molecule is c1ccc(-n2c(-c3cc(-c4ccccn4)nc(-c4ccccn4)c3)nc3cc(-c4c5ccccc5c(-c5ccc6ccccc6c5)c5ccccc45)ccc32)cc1. The Kier molecular flexibility index (Phi) is 7.74. The largest absolute Gasteiger partial charge is 0.292 e. The number of pyridine rings is 3. The van der Waals surface area contributed by atoms with E-state index in [0.29, 0.717) is 0 Å². The first-order valence-corrected chi connectivity index (χ1v) is 19.1. The molecule has 4 heterocycles. The Balaban J connectivity index is 1.15. The van der Waals surface area contributed by atoms with Gasteiger partial charge in [0.2, 0.25) is 0 Å². The molecule has 11 aromatic rings. The third-order valence-corrected chi connectivity index (χ3v) is 10.9. The van der Waals surface area contributed by atoms with E-state index in [1.807, 2.05) is 42.5 Å². The second-order valence-electron chi connectivity index (χ2n) is 14.3. The fraction of sp³-hybridized carbons (Fsp3) is 0. The molecule has 0 atom stereocenters. The first-order valence-electron chi connectivity index (χ1n) is 19.1. The third-order valence-electron chi connectivity index (χ3n) is 10.9. The highest BCUT2D eigenvalue weighted by molar-refractivity contribution is 6.22. The standard InChI is InChI=1S/C52H33N5/c1-2-16-39(17-3-1)57-49-27-26-37(31-48(49)56-52(57)38-32-46(44-22-10-12-28-53-44)55-47(33-38)45-23-11-13-29-54-45)51-42-20-8-6-18-40(42)50(41-19-7-9-21-43(41)51)36-25-24-34-14-4-5-15-35(34)30-36/h1-33H. The van der Waals surface area contributed by atoms with Crippen molar-refractivity contribution < 1.29 is 0 Å². The van der Waals surface area contributed by atoms with E-state index in [4.69, 9.17) is 9.97 Å². The number of imidazole rings is 1. The molecule has 0 saturated heterocycles. The first-order chi connectivity index (χ1) is 28.3. The van der Waals surface area contributed by atoms with Gasteiger partial charge < -0.3 is 0 Å². The van der Waals surface area contributed by atoms with Crippen molar-refractivity contribution in [3.05, 3.63) is 200 Å². The quantitative estimate of drug-likeness (QED) is 0.160. The van der Waals surface area contributed by atoms with E-state index in [1.165, 1.54) is 49.0 Å². The van der Waals surface area contributed by atoms with Crippen molar-refractivity contribution in [2.45, 2.75) is 0 Å². The van der Waals surface area contributed by atoms with Crippen LogP contribution in [0.3, 0.4) is 0 Å². The summed E-state index contributed by atoms with van der Waals surface area (Å²) in [5.74, 6) is 0.812. The van der Waals surface area contributed by atoms with Crippen molar-refractivity contribution in [1.82, 2.24) is 24.5 Å². The van der Waals surface area contributed by atoms with Gasteiger partial charge in [-0.05, 0) is 121 Å². The minimum absolute atomic E-state index is 0.755. The summed E-state index contributed by atoms with van der Waals surface area (Å²) in [7, 11) is 0. The zero-order chi connectivity index (χ0) is 37.7. The number of hydrogen-bond acceptors (Lipinski definition) is 4. The summed E-state index contributed by atoms with van der Waals surface area (Å²) in [5.41, 5.74) is 11.7. The smallest absolute Gasteiger partial charge is 0.145 e. The van der Waals surface area contributed by atoms with Gasteiger partial charge in [0.05, 0.1) is 33.8 Å². The number of nitrogens with zero attached hydrogens (tertiary/aromatic N) is 5. The maximum atomic E-state index is 5.46. The Bertz CT molecular complexity index is 3170. The van der Waals surface area contributed by atoms with Crippen molar-refractivity contribution in [2.75, 3.05) is 0 Å². The highest BCUT2D eigenvalue weighted by atomic mass is 15.1. The van der Waals surface area contributed by atoms with Crippen LogP contribution >= 0.6 is 0 Å². The van der Waals surface area contributed by atoms with Gasteiger partial charge in [-0.2, -0.15) is 0 Å². The van der Waals surface area contributed by atoms with Gasteiger partial charge in [-0.25, -0.2) is 9.97 Å². The predicted molar refractivity (Wildman–Crippen MR) is 234 cm³/mol. The summed E-state index contributed by atoms with van der Waals surface area (Å²) in [4.78, 5) is 19.8. The Hall–Kier alpha value is -7.76. The monoisotopic (exact) mass is 727 g/mol. The van der Waals surface area contributed by atoms with E-state index in [-0.39, 0.29) is 0 Å². The van der Waals surface area contributed by atoms with Gasteiger partial charge in [-0.1, -0.05) is 121 Å². The molecule has 0 N–H and O–H groups in total. The number of benzene rings is 7. The highest BCUT2D eigenvalue weighted by Crippen LogP contribution is 2.45. The van der Waals surface area contributed by atoms with Crippen LogP contribution in [0.1, 0.15) is 0 Å². The van der Waals surface area contributed by atoms with Crippen LogP contribution in [-0.2, 0) is 0 Å². The summed E-state index contributed by atoms with van der Waals surface area (Å²) in [6.07, 6.45) is 3.60. The van der Waals surface area contributed by atoms with Crippen LogP contribution in [0.25, 0.3) is 105 Å². The Morgan fingerprint density at radius 2 is 0.877 bits per heavy atom. The summed E-state index contributed by atoms with van der Waals surface area (Å²) in [6.45, 7) is 0. The van der Waals surface area contributed by atoms with Gasteiger partial charge in [0, 0.05) is 23.6 Å². The van der Waals surface area contributed by atoms with E-state index in [9.17, 15) is 0 Å². The topological polar surface area (TPSA) is 56.5 Å². The van der Waals surface area contributed by atoms with E-state index < -0.39 is 0 Å². The maximum Gasteiger partial charge on any atom is 0.145 e. The van der Waals surface area contributed by atoms with Crippen LogP contribution in [0, 0.1) is 0 Å². The van der Waals surface area contributed by atoms with Crippen LogP contribution < -0.4 is 0 Å². The zero-order valence-electron chi connectivity index (χ0n) is 30.8. The molecule has 0 aliphatic heterocycles. The second kappa shape index (κ2) is 13.5. The van der Waals surface area contributed by atoms with E-state index >= 15 is 0 Å². The first kappa shape index (κ1) is 32.7. The Labute approximate surface area is 329 Å². The molecule has 0 bridgehead atoms. The molecule has 0 aliphatic carbocycles. The van der Waals surface area contributed by atoms with Crippen molar-refractivity contribution >= 4 is 43.4 Å². The Morgan fingerprint density at radius 1 is 0.351 bits per heavy atom. The normalized spacial score (nSPS) is 11.5. The molecule has 0 radical (unpaired) electrons. The van der Waals surface area contributed by atoms with E-state index in [1.54, 1.807) is 12.4 Å². The molecule has 0 amide bonds. The minimum Gasteiger partial charge on any atom is -0.292 e. The maximum absolute atomic E-state index is 5.46. The van der Waals surface area contributed by atoms with E-state index in [2.05, 4.69) is 160 Å². The average molecular weight is 728 g/mol. The lowest BCUT2D eigenvalue weighted by molar-refractivity contribution is 1.10. The fourth-order valence-corrected chi connectivity index (χ4v) is 8.31. The van der Waals surface area contributed by atoms with Crippen LogP contribution in [-0.4, -0.2) is 24.5 Å². The number of rotatable bonds is 6. The lowest BCUT2D eigenvalue weighted by Gasteiger charge is -2.18. The number of para-hydroxylation sites is 1. The van der Waals surface area contributed by atoms with Crippen LogP contribution in [0.5, 0.6) is 0 Å². The van der Waals surface area contributed by atoms with Gasteiger partial charge in [0.15, 0.2) is 0 Å². The van der Waals surface area contributed by atoms with E-state index in [0.717, 1.165) is 56.4 Å². The molecule has 5 nitrogen and oxygen atoms in total. The Morgan fingerprint density at radius 3 is 1.47 bits per heavy atom. The molecule has 266 valence electrons. The molecule has 57 heavy (non-hydrogen) atoms. The van der Waals surface area contributed by atoms with Gasteiger partial charge in [-0.15, -0.1) is 0 Å². The molecule has 0 fully saturated rings. The van der Waals surface area contributed by atoms with Crippen molar-refractivity contribution in [3.8, 4) is 62.1 Å². The van der Waals surface area contributed by atoms with Gasteiger partial charge in [0.25, 0.3) is 0 Å². The number of aromatic nitrogens is 5. The van der Waals surface area contributed by atoms with Crippen molar-refractivity contribution in [2.24, 2.45) is 0 Å². The van der Waals surface area contributed by atoms with Crippen molar-refractivity contribution in [3.63, 3.8) is 0 Å². The van der Waals surface area contributed by atoms with Crippen molar-refractivity contribution in [1.29, 1.82) is 0 Å². The lowest BCUT2D eigenvalue weighted by Crippen LogP contribution is -1.99. The third kappa shape index (κ3) is 5.64. The molecular weight excluding hydrogens is 695 g/mol. The molecule has 5 heteroatoms. The van der Waals surface area contributed by atoms with Gasteiger partial charge in [-0.3, -0.25) is 14.5 Å². The average Bonchev–Trinajstić information content (AvgIpc) is 3.68. The fourth-order valence-electron chi connectivity index (χ4n) is 8.31. The molecule has 11 rings (SSSR count). The number of fused-ring (bicyclic) bond motifs is 4. The zero-order valence-corrected chi connectivity index (χ0v) is 30.8. The molecule has 4 aromatic heterocycles. The molecule has 0 unspecified atom stereocenters. The molecule has 0 saturated carbocycles. The van der Waals surface area contributed by atoms with Crippen LogP contribution in [0.4, 0.5) is 0 Å². The number of hydrogen-bond donors (Lipinski definition) is 0.